The molecule has 2 N–H and O–H groups in total. The van der Waals surface area contributed by atoms with Crippen LogP contribution in [0.25, 0.3) is 0 Å². The number of ether oxygens (including phenoxy) is 1. The fourth-order valence-electron chi connectivity index (χ4n) is 5.39. The number of hydrogen-bond acceptors (Lipinski definition) is 4. The predicted molar refractivity (Wildman–Crippen MR) is 107 cm³/mol. The third-order valence-electron chi connectivity index (χ3n) is 6.95. The molecule has 0 bridgehead atoms. The van der Waals surface area contributed by atoms with Crippen LogP contribution in [-0.4, -0.2) is 74.7 Å². The summed E-state index contributed by atoms with van der Waals surface area (Å²) in [5, 5.41) is 6.06. The first kappa shape index (κ1) is 19.2. The summed E-state index contributed by atoms with van der Waals surface area (Å²) in [6.07, 6.45) is 2.63. The monoisotopic (exact) mass is 386 g/mol. The van der Waals surface area contributed by atoms with Crippen molar-refractivity contribution in [2.75, 3.05) is 58.3 Å². The van der Waals surface area contributed by atoms with E-state index in [1.54, 1.807) is 7.11 Å². The zero-order valence-corrected chi connectivity index (χ0v) is 16.6. The van der Waals surface area contributed by atoms with Gasteiger partial charge >= 0.3 is 6.03 Å². The van der Waals surface area contributed by atoms with E-state index in [1.807, 2.05) is 35.2 Å². The predicted octanol–water partition coefficient (Wildman–Crippen LogP) is 1.77. The number of rotatable bonds is 4. The first-order valence-corrected chi connectivity index (χ1v) is 10.2. The number of piperidine rings is 1. The molecule has 0 aliphatic carbocycles. The van der Waals surface area contributed by atoms with Gasteiger partial charge in [-0.3, -0.25) is 9.69 Å². The van der Waals surface area contributed by atoms with Gasteiger partial charge in [0, 0.05) is 57.5 Å². The van der Waals surface area contributed by atoms with Crippen LogP contribution in [0.2, 0.25) is 0 Å². The quantitative estimate of drug-likeness (QED) is 0.827. The molecule has 1 unspecified atom stereocenters. The van der Waals surface area contributed by atoms with Gasteiger partial charge in [0.05, 0.1) is 12.0 Å². The number of carbonyl (C=O) groups excluding carboxylic acids is 2. The molecule has 1 aromatic rings. The van der Waals surface area contributed by atoms with Crippen molar-refractivity contribution in [2.45, 2.75) is 19.3 Å². The highest BCUT2D eigenvalue weighted by molar-refractivity contribution is 5.89. The molecule has 3 aliphatic heterocycles. The molecular weight excluding hydrogens is 356 g/mol. The number of likely N-dealkylation sites (tertiary alicyclic amines) is 2. The van der Waals surface area contributed by atoms with Crippen molar-refractivity contribution in [1.82, 2.24) is 15.1 Å². The molecule has 3 amide bonds. The Bertz CT molecular complexity index is 718. The molecule has 3 aliphatic rings. The maximum absolute atomic E-state index is 12.9. The maximum Gasteiger partial charge on any atom is 0.321 e. The first-order valence-electron chi connectivity index (χ1n) is 10.2. The number of methoxy groups -OCH3 is 1. The third-order valence-corrected chi connectivity index (χ3v) is 6.95. The Hall–Kier alpha value is -2.12. The zero-order valence-electron chi connectivity index (χ0n) is 16.6. The molecular formula is C21H30N4O3. The van der Waals surface area contributed by atoms with Gasteiger partial charge in [0.15, 0.2) is 0 Å². The largest absolute Gasteiger partial charge is 0.383 e. The average Bonchev–Trinajstić information content (AvgIpc) is 3.23. The summed E-state index contributed by atoms with van der Waals surface area (Å²) in [7, 11) is 1.72. The molecule has 7 heteroatoms. The van der Waals surface area contributed by atoms with Crippen LogP contribution in [0.3, 0.4) is 0 Å². The van der Waals surface area contributed by atoms with Gasteiger partial charge < -0.3 is 20.3 Å². The standard InChI is InChI=1S/C21H30N4O3/c1-28-14-13-24-15-20(21(16-24)7-10-22-18(21)26)8-11-25(12-9-20)19(27)23-17-5-3-2-4-6-17/h2-6H,7-16H2,1H3,(H,22,26)(H,23,27). The summed E-state index contributed by atoms with van der Waals surface area (Å²) >= 11 is 0. The topological polar surface area (TPSA) is 73.9 Å². The number of hydrogen-bond donors (Lipinski definition) is 2. The van der Waals surface area contributed by atoms with Gasteiger partial charge in [0.1, 0.15) is 0 Å². The summed E-state index contributed by atoms with van der Waals surface area (Å²) in [5.74, 6) is 0.203. The Kier molecular flexibility index (Phi) is 5.29. The van der Waals surface area contributed by atoms with Crippen LogP contribution in [0.1, 0.15) is 19.3 Å². The number of nitrogens with zero attached hydrogens (tertiary/aromatic N) is 2. The molecule has 0 saturated carbocycles. The summed E-state index contributed by atoms with van der Waals surface area (Å²) in [6, 6.07) is 9.49. The zero-order chi connectivity index (χ0) is 19.6. The van der Waals surface area contributed by atoms with Gasteiger partial charge in [-0.2, -0.15) is 0 Å². The minimum atomic E-state index is -0.317. The summed E-state index contributed by atoms with van der Waals surface area (Å²) < 4.78 is 5.26. The van der Waals surface area contributed by atoms with Crippen molar-refractivity contribution in [3.63, 3.8) is 0 Å². The Morgan fingerprint density at radius 1 is 1.18 bits per heavy atom. The highest BCUT2D eigenvalue weighted by Crippen LogP contribution is 2.56. The number of anilines is 1. The normalized spacial score (nSPS) is 26.8. The van der Waals surface area contributed by atoms with E-state index >= 15 is 0 Å². The van der Waals surface area contributed by atoms with Crippen LogP contribution < -0.4 is 10.6 Å². The Morgan fingerprint density at radius 3 is 2.57 bits per heavy atom. The first-order chi connectivity index (χ1) is 13.6. The lowest BCUT2D eigenvalue weighted by atomic mass is 9.60. The van der Waals surface area contributed by atoms with E-state index < -0.39 is 0 Å². The third kappa shape index (κ3) is 3.26. The van der Waals surface area contributed by atoms with Gasteiger partial charge in [0.2, 0.25) is 5.91 Å². The molecule has 152 valence electrons. The molecule has 3 saturated heterocycles. The molecule has 7 nitrogen and oxygen atoms in total. The second-order valence-electron chi connectivity index (χ2n) is 8.36. The number of para-hydroxylation sites is 1. The molecule has 4 rings (SSSR count). The molecule has 1 aromatic carbocycles. The van der Waals surface area contributed by atoms with Gasteiger partial charge in [-0.25, -0.2) is 4.79 Å². The van der Waals surface area contributed by atoms with Gasteiger partial charge in [-0.15, -0.1) is 0 Å². The van der Waals surface area contributed by atoms with Crippen molar-refractivity contribution in [1.29, 1.82) is 0 Å². The van der Waals surface area contributed by atoms with Crippen molar-refractivity contribution in [3.8, 4) is 0 Å². The lowest BCUT2D eigenvalue weighted by Gasteiger charge is -2.46. The smallest absolute Gasteiger partial charge is 0.321 e. The van der Waals surface area contributed by atoms with Gasteiger partial charge in [-0.05, 0) is 31.4 Å². The number of amides is 3. The van der Waals surface area contributed by atoms with E-state index in [0.29, 0.717) is 19.7 Å². The summed E-state index contributed by atoms with van der Waals surface area (Å²) in [5.41, 5.74) is 0.444. The molecule has 3 fully saturated rings. The SMILES string of the molecule is COCCN1CC2(CCN(C(=O)Nc3ccccc3)CC2)C2(CCNC2=O)C1. The van der Waals surface area contributed by atoms with Gasteiger partial charge in [-0.1, -0.05) is 18.2 Å². The molecule has 28 heavy (non-hydrogen) atoms. The highest BCUT2D eigenvalue weighted by Gasteiger charge is 2.63. The van der Waals surface area contributed by atoms with Crippen molar-refractivity contribution >= 4 is 17.6 Å². The van der Waals surface area contributed by atoms with E-state index in [4.69, 9.17) is 4.74 Å². The van der Waals surface area contributed by atoms with Crippen molar-refractivity contribution < 1.29 is 14.3 Å². The molecule has 2 spiro atoms. The minimum absolute atomic E-state index is 0.0507. The average molecular weight is 386 g/mol. The van der Waals surface area contributed by atoms with Gasteiger partial charge in [0.25, 0.3) is 0 Å². The van der Waals surface area contributed by atoms with E-state index in [1.165, 1.54) is 0 Å². The second-order valence-corrected chi connectivity index (χ2v) is 8.36. The molecule has 1 atom stereocenters. The fourth-order valence-corrected chi connectivity index (χ4v) is 5.39. The maximum atomic E-state index is 12.9. The van der Waals surface area contributed by atoms with Crippen LogP contribution >= 0.6 is 0 Å². The number of urea groups is 1. The lowest BCUT2D eigenvalue weighted by molar-refractivity contribution is -0.133. The highest BCUT2D eigenvalue weighted by atomic mass is 16.5. The summed E-state index contributed by atoms with van der Waals surface area (Å²) in [4.78, 5) is 29.8. The molecule has 0 aromatic heterocycles. The van der Waals surface area contributed by atoms with E-state index in [9.17, 15) is 9.59 Å². The number of carbonyl (C=O) groups is 2. The van der Waals surface area contributed by atoms with Crippen molar-refractivity contribution in [3.05, 3.63) is 30.3 Å². The van der Waals surface area contributed by atoms with E-state index in [2.05, 4.69) is 15.5 Å². The number of fused-ring (bicyclic) bond motifs is 1. The van der Waals surface area contributed by atoms with Crippen LogP contribution in [0.4, 0.5) is 10.5 Å². The van der Waals surface area contributed by atoms with Crippen molar-refractivity contribution in [2.24, 2.45) is 10.8 Å². The van der Waals surface area contributed by atoms with E-state index in [-0.39, 0.29) is 22.8 Å². The molecule has 0 radical (unpaired) electrons. The number of benzene rings is 1. The Labute approximate surface area is 166 Å². The van der Waals surface area contributed by atoms with Crippen LogP contribution in [0.15, 0.2) is 30.3 Å². The van der Waals surface area contributed by atoms with Crippen LogP contribution in [-0.2, 0) is 9.53 Å². The Morgan fingerprint density at radius 2 is 1.93 bits per heavy atom. The number of nitrogens with one attached hydrogen (secondary N) is 2. The minimum Gasteiger partial charge on any atom is -0.383 e. The lowest BCUT2D eigenvalue weighted by Crippen LogP contribution is -2.53. The summed E-state index contributed by atoms with van der Waals surface area (Å²) in [6.45, 7) is 5.38. The van der Waals surface area contributed by atoms with Crippen LogP contribution in [0, 0.1) is 10.8 Å². The van der Waals surface area contributed by atoms with Crippen LogP contribution in [0.5, 0.6) is 0 Å². The van der Waals surface area contributed by atoms with E-state index in [0.717, 1.165) is 51.1 Å². The molecule has 3 heterocycles. The Balaban J connectivity index is 1.45. The second kappa shape index (κ2) is 7.72. The fraction of sp³-hybridized carbons (Fsp3) is 0.619.